The molecule has 0 saturated carbocycles. The molecule has 2 unspecified atom stereocenters. The largest absolute Gasteiger partial charge is 0.385 e. The zero-order chi connectivity index (χ0) is 23.6. The standard InChI is InChI=1S/C28H32O6/c1-30-28-25(29)27(33-19-23-15-9-4-10-16-23)26(32-18-22-13-7-3-8-14-22)24(34-28)20-31-17-21-11-5-2-6-12-21/h2-16,24-29H,17-20H2,1H3/t24?,25-,26+,27?,28+/m0/s1. The maximum atomic E-state index is 11.0. The average molecular weight is 465 g/mol. The second-order valence-corrected chi connectivity index (χ2v) is 8.29. The topological polar surface area (TPSA) is 66.4 Å². The first kappa shape index (κ1) is 24.5. The van der Waals surface area contributed by atoms with Gasteiger partial charge < -0.3 is 28.8 Å². The summed E-state index contributed by atoms with van der Waals surface area (Å²) in [5.41, 5.74) is 3.10. The van der Waals surface area contributed by atoms with Gasteiger partial charge in [-0.2, -0.15) is 0 Å². The fraction of sp³-hybridized carbons (Fsp3) is 0.357. The van der Waals surface area contributed by atoms with Crippen LogP contribution in [-0.2, 0) is 43.5 Å². The number of benzene rings is 3. The molecule has 0 bridgehead atoms. The van der Waals surface area contributed by atoms with Crippen molar-refractivity contribution in [2.45, 2.75) is 50.5 Å². The molecule has 0 radical (unpaired) electrons. The summed E-state index contributed by atoms with van der Waals surface area (Å²) >= 11 is 0. The van der Waals surface area contributed by atoms with Crippen molar-refractivity contribution in [1.82, 2.24) is 0 Å². The van der Waals surface area contributed by atoms with E-state index < -0.39 is 30.7 Å². The lowest BCUT2D eigenvalue weighted by Crippen LogP contribution is -2.60. The van der Waals surface area contributed by atoms with E-state index in [-0.39, 0.29) is 6.61 Å². The highest BCUT2D eigenvalue weighted by molar-refractivity contribution is 5.15. The average Bonchev–Trinajstić information content (AvgIpc) is 2.89. The van der Waals surface area contributed by atoms with Gasteiger partial charge in [-0.1, -0.05) is 91.0 Å². The van der Waals surface area contributed by atoms with Crippen molar-refractivity contribution >= 4 is 0 Å². The van der Waals surface area contributed by atoms with Gasteiger partial charge in [-0.15, -0.1) is 0 Å². The number of methoxy groups -OCH3 is 1. The van der Waals surface area contributed by atoms with Gasteiger partial charge in [0, 0.05) is 7.11 Å². The smallest absolute Gasteiger partial charge is 0.186 e. The van der Waals surface area contributed by atoms with Crippen molar-refractivity contribution in [1.29, 1.82) is 0 Å². The summed E-state index contributed by atoms with van der Waals surface area (Å²) in [6.45, 7) is 1.41. The van der Waals surface area contributed by atoms with E-state index in [2.05, 4.69) is 0 Å². The molecule has 0 aliphatic carbocycles. The van der Waals surface area contributed by atoms with Crippen LogP contribution in [0, 0.1) is 0 Å². The first-order valence-corrected chi connectivity index (χ1v) is 11.5. The summed E-state index contributed by atoms with van der Waals surface area (Å²) in [6.07, 6.45) is -3.56. The first-order chi connectivity index (χ1) is 16.7. The molecule has 1 fully saturated rings. The fourth-order valence-electron chi connectivity index (χ4n) is 4.02. The van der Waals surface area contributed by atoms with Gasteiger partial charge in [0.15, 0.2) is 6.29 Å². The Morgan fingerprint density at radius 3 is 1.65 bits per heavy atom. The minimum atomic E-state index is -1.01. The molecule has 1 heterocycles. The summed E-state index contributed by atoms with van der Waals surface area (Å²) in [7, 11) is 1.51. The SMILES string of the molecule is CO[C@@H]1OC(COCc2ccccc2)[C@@H](OCc2ccccc2)C(OCc2ccccc2)[C@@H]1O. The van der Waals surface area contributed by atoms with Crippen molar-refractivity contribution < 1.29 is 28.8 Å². The Morgan fingerprint density at radius 1 is 0.676 bits per heavy atom. The van der Waals surface area contributed by atoms with Crippen LogP contribution >= 0.6 is 0 Å². The van der Waals surface area contributed by atoms with E-state index in [1.54, 1.807) is 0 Å². The van der Waals surface area contributed by atoms with Crippen LogP contribution in [0.15, 0.2) is 91.0 Å². The lowest BCUT2D eigenvalue weighted by atomic mass is 9.98. The van der Waals surface area contributed by atoms with Gasteiger partial charge in [-0.25, -0.2) is 0 Å². The molecule has 0 aromatic heterocycles. The number of hydrogen-bond donors (Lipinski definition) is 1. The van der Waals surface area contributed by atoms with Gasteiger partial charge in [0.2, 0.25) is 0 Å². The van der Waals surface area contributed by atoms with E-state index in [0.717, 1.165) is 16.7 Å². The Bertz CT molecular complexity index is 952. The monoisotopic (exact) mass is 464 g/mol. The fourth-order valence-corrected chi connectivity index (χ4v) is 4.02. The quantitative estimate of drug-likeness (QED) is 0.461. The van der Waals surface area contributed by atoms with Gasteiger partial charge in [0.25, 0.3) is 0 Å². The molecule has 1 saturated heterocycles. The molecule has 1 aliphatic rings. The molecule has 6 heteroatoms. The number of hydrogen-bond acceptors (Lipinski definition) is 6. The van der Waals surface area contributed by atoms with Crippen molar-refractivity contribution in [2.75, 3.05) is 13.7 Å². The normalized spacial score (nSPS) is 24.7. The Morgan fingerprint density at radius 2 is 1.15 bits per heavy atom. The van der Waals surface area contributed by atoms with E-state index in [1.165, 1.54) is 7.11 Å². The second kappa shape index (κ2) is 12.8. The zero-order valence-corrected chi connectivity index (χ0v) is 19.4. The molecule has 1 aliphatic heterocycles. The third-order valence-corrected chi connectivity index (χ3v) is 5.81. The second-order valence-electron chi connectivity index (χ2n) is 8.29. The van der Waals surface area contributed by atoms with Crippen LogP contribution in [0.4, 0.5) is 0 Å². The van der Waals surface area contributed by atoms with E-state index in [0.29, 0.717) is 19.8 Å². The van der Waals surface area contributed by atoms with Crippen molar-refractivity contribution in [3.63, 3.8) is 0 Å². The molecule has 0 spiro atoms. The molecular formula is C28H32O6. The lowest BCUT2D eigenvalue weighted by molar-refractivity contribution is -0.313. The van der Waals surface area contributed by atoms with Gasteiger partial charge in [0.05, 0.1) is 26.4 Å². The van der Waals surface area contributed by atoms with Crippen LogP contribution in [0.3, 0.4) is 0 Å². The van der Waals surface area contributed by atoms with E-state index in [9.17, 15) is 5.11 Å². The maximum absolute atomic E-state index is 11.0. The van der Waals surface area contributed by atoms with Crippen LogP contribution in [0.25, 0.3) is 0 Å². The maximum Gasteiger partial charge on any atom is 0.186 e. The Balaban J connectivity index is 1.48. The third kappa shape index (κ3) is 6.73. The van der Waals surface area contributed by atoms with Gasteiger partial charge >= 0.3 is 0 Å². The zero-order valence-electron chi connectivity index (χ0n) is 19.4. The predicted octanol–water partition coefficient (Wildman–Crippen LogP) is 4.11. The van der Waals surface area contributed by atoms with Crippen LogP contribution < -0.4 is 0 Å². The molecule has 4 rings (SSSR count). The van der Waals surface area contributed by atoms with Gasteiger partial charge in [0.1, 0.15) is 24.4 Å². The summed E-state index contributed by atoms with van der Waals surface area (Å²) in [6, 6.07) is 29.7. The molecule has 34 heavy (non-hydrogen) atoms. The Hall–Kier alpha value is -2.58. The minimum Gasteiger partial charge on any atom is -0.385 e. The first-order valence-electron chi connectivity index (χ1n) is 11.5. The summed E-state index contributed by atoms with van der Waals surface area (Å²) in [4.78, 5) is 0. The predicted molar refractivity (Wildman–Crippen MR) is 128 cm³/mol. The Labute approximate surface area is 201 Å². The number of ether oxygens (including phenoxy) is 5. The molecule has 1 N–H and O–H groups in total. The number of rotatable bonds is 11. The van der Waals surface area contributed by atoms with Crippen LogP contribution in [0.1, 0.15) is 16.7 Å². The lowest BCUT2D eigenvalue weighted by Gasteiger charge is -2.43. The van der Waals surface area contributed by atoms with Crippen molar-refractivity contribution in [3.05, 3.63) is 108 Å². The molecular weight excluding hydrogens is 432 g/mol. The third-order valence-electron chi connectivity index (χ3n) is 5.81. The Kier molecular flexibility index (Phi) is 9.21. The number of aliphatic hydroxyl groups excluding tert-OH is 1. The van der Waals surface area contributed by atoms with Crippen molar-refractivity contribution in [2.24, 2.45) is 0 Å². The number of aliphatic hydroxyl groups is 1. The summed E-state index contributed by atoms with van der Waals surface area (Å²) < 4.78 is 30.0. The van der Waals surface area contributed by atoms with Crippen LogP contribution in [0.5, 0.6) is 0 Å². The molecule has 0 amide bonds. The molecule has 3 aromatic rings. The minimum absolute atomic E-state index is 0.270. The molecule has 180 valence electrons. The van der Waals surface area contributed by atoms with Gasteiger partial charge in [-0.05, 0) is 16.7 Å². The summed E-state index contributed by atoms with van der Waals surface area (Å²) in [5.74, 6) is 0. The summed E-state index contributed by atoms with van der Waals surface area (Å²) in [5, 5.41) is 11.0. The van der Waals surface area contributed by atoms with Crippen LogP contribution in [0.2, 0.25) is 0 Å². The highest BCUT2D eigenvalue weighted by Gasteiger charge is 2.47. The van der Waals surface area contributed by atoms with E-state index >= 15 is 0 Å². The van der Waals surface area contributed by atoms with Crippen molar-refractivity contribution in [3.8, 4) is 0 Å². The molecule has 5 atom stereocenters. The molecule has 3 aromatic carbocycles. The van der Waals surface area contributed by atoms with Gasteiger partial charge in [-0.3, -0.25) is 0 Å². The van der Waals surface area contributed by atoms with E-state index in [1.807, 2.05) is 91.0 Å². The highest BCUT2D eigenvalue weighted by Crippen LogP contribution is 2.28. The highest BCUT2D eigenvalue weighted by atomic mass is 16.7. The van der Waals surface area contributed by atoms with E-state index in [4.69, 9.17) is 23.7 Å². The van der Waals surface area contributed by atoms with Crippen LogP contribution in [-0.4, -0.2) is 49.5 Å². The molecule has 6 nitrogen and oxygen atoms in total.